The second kappa shape index (κ2) is 6.68. The molecule has 0 aliphatic heterocycles. The monoisotopic (exact) mass is 340 g/mol. The molecular weight excluding hydrogens is 328 g/mol. The summed E-state index contributed by atoms with van der Waals surface area (Å²) >= 11 is 5.74. The lowest BCUT2D eigenvalue weighted by Gasteiger charge is -2.07. The van der Waals surface area contributed by atoms with Crippen LogP contribution in [0.2, 0.25) is 5.02 Å². The first-order valence-electron chi connectivity index (χ1n) is 7.22. The number of nitrogens with one attached hydrogen (secondary N) is 1. The highest BCUT2D eigenvalue weighted by molar-refractivity contribution is 6.30. The number of H-pyrrole nitrogens is 1. The zero-order chi connectivity index (χ0) is 17.1. The van der Waals surface area contributed by atoms with Gasteiger partial charge in [-0.15, -0.1) is 0 Å². The highest BCUT2D eigenvalue weighted by atomic mass is 35.5. The van der Waals surface area contributed by atoms with E-state index in [1.54, 1.807) is 36.4 Å². The Balaban J connectivity index is 1.83. The molecule has 0 aliphatic carbocycles. The molecule has 0 saturated heterocycles. The number of hydrogen-bond donors (Lipinski definition) is 1. The minimum Gasteiger partial charge on any atom is -0.295 e. The molecule has 1 heterocycles. The number of hydrogen-bond acceptors (Lipinski definition) is 3. The van der Waals surface area contributed by atoms with Crippen LogP contribution >= 0.6 is 11.6 Å². The molecule has 3 rings (SSSR count). The number of ketones is 1. The third kappa shape index (κ3) is 3.36. The summed E-state index contributed by atoms with van der Waals surface area (Å²) in [6.07, 6.45) is 1.30. The van der Waals surface area contributed by atoms with E-state index in [1.807, 2.05) is 18.2 Å². The molecule has 0 atom stereocenters. The summed E-state index contributed by atoms with van der Waals surface area (Å²) < 4.78 is 1.30. The number of aromatic nitrogens is 2. The van der Waals surface area contributed by atoms with Crippen LogP contribution in [0.15, 0.2) is 70.4 Å². The average molecular weight is 341 g/mol. The molecule has 120 valence electrons. The summed E-state index contributed by atoms with van der Waals surface area (Å²) in [5.41, 5.74) is 0.853. The van der Waals surface area contributed by atoms with Crippen molar-refractivity contribution in [3.63, 3.8) is 0 Å². The summed E-state index contributed by atoms with van der Waals surface area (Å²) in [5, 5.41) is -0.0505. The summed E-state index contributed by atoms with van der Waals surface area (Å²) in [6.45, 7) is 0.245. The van der Waals surface area contributed by atoms with Gasteiger partial charge in [0.05, 0.1) is 6.54 Å². The van der Waals surface area contributed by atoms with Crippen LogP contribution in [0.1, 0.15) is 21.5 Å². The number of nitrogens with zero attached hydrogens (tertiary/aromatic N) is 1. The first-order chi connectivity index (χ1) is 11.5. The molecule has 3 aromatic rings. The molecule has 5 nitrogen and oxygen atoms in total. The number of carbonyl (C=O) groups is 1. The van der Waals surface area contributed by atoms with Gasteiger partial charge in [0, 0.05) is 17.3 Å². The van der Waals surface area contributed by atoms with Crippen LogP contribution in [0.4, 0.5) is 0 Å². The number of carbonyl (C=O) groups excluding carboxylic acids is 1. The molecule has 0 amide bonds. The zero-order valence-corrected chi connectivity index (χ0v) is 13.3. The maximum Gasteiger partial charge on any atom is 0.328 e. The minimum absolute atomic E-state index is 0.0505. The smallest absolute Gasteiger partial charge is 0.295 e. The number of rotatable bonds is 4. The maximum atomic E-state index is 12.3. The van der Waals surface area contributed by atoms with Crippen LogP contribution in [0.25, 0.3) is 0 Å². The Bertz CT molecular complexity index is 989. The highest BCUT2D eigenvalue weighted by Crippen LogP contribution is 2.12. The van der Waals surface area contributed by atoms with Gasteiger partial charge < -0.3 is 0 Å². The van der Waals surface area contributed by atoms with Crippen LogP contribution in [-0.4, -0.2) is 15.3 Å². The number of aromatic amines is 1. The normalized spacial score (nSPS) is 10.5. The van der Waals surface area contributed by atoms with Crippen LogP contribution in [0.3, 0.4) is 0 Å². The Kier molecular flexibility index (Phi) is 4.44. The largest absolute Gasteiger partial charge is 0.328 e. The van der Waals surface area contributed by atoms with Crippen LogP contribution in [0.5, 0.6) is 0 Å². The van der Waals surface area contributed by atoms with Gasteiger partial charge in [0.2, 0.25) is 0 Å². The number of halogens is 1. The summed E-state index contributed by atoms with van der Waals surface area (Å²) in [4.78, 5) is 37.5. The van der Waals surface area contributed by atoms with E-state index >= 15 is 0 Å². The fourth-order valence-electron chi connectivity index (χ4n) is 2.31. The van der Waals surface area contributed by atoms with Crippen molar-refractivity contribution >= 4 is 17.4 Å². The predicted molar refractivity (Wildman–Crippen MR) is 91.8 cm³/mol. The van der Waals surface area contributed by atoms with Gasteiger partial charge in [0.25, 0.3) is 5.56 Å². The summed E-state index contributed by atoms with van der Waals surface area (Å²) in [6, 6.07) is 16.0. The van der Waals surface area contributed by atoms with E-state index in [9.17, 15) is 14.4 Å². The molecule has 24 heavy (non-hydrogen) atoms. The van der Waals surface area contributed by atoms with E-state index in [2.05, 4.69) is 4.98 Å². The van der Waals surface area contributed by atoms with Crippen LogP contribution in [0, 0.1) is 0 Å². The third-order valence-electron chi connectivity index (χ3n) is 3.57. The lowest BCUT2D eigenvalue weighted by Crippen LogP contribution is -2.29. The summed E-state index contributed by atoms with van der Waals surface area (Å²) in [5.74, 6) is -0.0635. The Morgan fingerprint density at radius 3 is 2.25 bits per heavy atom. The van der Waals surface area contributed by atoms with Gasteiger partial charge in [0.15, 0.2) is 5.78 Å². The fraction of sp³-hybridized carbons (Fsp3) is 0.0556. The fourth-order valence-corrected chi connectivity index (χ4v) is 2.48. The molecule has 0 bridgehead atoms. The van der Waals surface area contributed by atoms with Gasteiger partial charge in [-0.2, -0.15) is 0 Å². The first-order valence-corrected chi connectivity index (χ1v) is 7.60. The molecule has 1 N–H and O–H groups in total. The van der Waals surface area contributed by atoms with E-state index in [-0.39, 0.29) is 17.4 Å². The van der Waals surface area contributed by atoms with Crippen molar-refractivity contribution in [1.82, 2.24) is 9.55 Å². The maximum absolute atomic E-state index is 12.3. The van der Waals surface area contributed by atoms with Crippen molar-refractivity contribution in [3.8, 4) is 0 Å². The quantitative estimate of drug-likeness (QED) is 0.742. The second-order valence-corrected chi connectivity index (χ2v) is 5.66. The standard InChI is InChI=1S/C18H13ClN2O3/c19-15-11-21(18(24)20-17(15)23)10-12-6-8-14(9-7-12)16(22)13-4-2-1-3-5-13/h1-9,11H,10H2,(H,20,23,24). The third-order valence-corrected chi connectivity index (χ3v) is 3.84. The van der Waals surface area contributed by atoms with Crippen molar-refractivity contribution in [2.75, 3.05) is 0 Å². The molecule has 6 heteroatoms. The van der Waals surface area contributed by atoms with E-state index in [1.165, 1.54) is 10.8 Å². The van der Waals surface area contributed by atoms with E-state index in [0.717, 1.165) is 5.56 Å². The molecule has 1 aromatic heterocycles. The molecule has 0 saturated carbocycles. The Labute approximate surface area is 142 Å². The summed E-state index contributed by atoms with van der Waals surface area (Å²) in [7, 11) is 0. The predicted octanol–water partition coefficient (Wildman–Crippen LogP) is 2.47. The highest BCUT2D eigenvalue weighted by Gasteiger charge is 2.09. The Morgan fingerprint density at radius 2 is 1.58 bits per heavy atom. The SMILES string of the molecule is O=C(c1ccccc1)c1ccc(Cn2cc(Cl)c(=O)[nH]c2=O)cc1. The zero-order valence-electron chi connectivity index (χ0n) is 12.5. The lowest BCUT2D eigenvalue weighted by atomic mass is 10.0. The van der Waals surface area contributed by atoms with Crippen LogP contribution < -0.4 is 11.2 Å². The van der Waals surface area contributed by atoms with Crippen molar-refractivity contribution in [3.05, 3.63) is 103 Å². The van der Waals surface area contributed by atoms with Gasteiger partial charge in [-0.3, -0.25) is 19.1 Å². The lowest BCUT2D eigenvalue weighted by molar-refractivity contribution is 0.103. The van der Waals surface area contributed by atoms with Crippen molar-refractivity contribution < 1.29 is 4.79 Å². The average Bonchev–Trinajstić information content (AvgIpc) is 2.60. The molecule has 2 aromatic carbocycles. The van der Waals surface area contributed by atoms with E-state index in [0.29, 0.717) is 11.1 Å². The van der Waals surface area contributed by atoms with Crippen LogP contribution in [-0.2, 0) is 6.54 Å². The van der Waals surface area contributed by atoms with Crippen molar-refractivity contribution in [2.45, 2.75) is 6.54 Å². The molecule has 0 fully saturated rings. The molecule has 0 unspecified atom stereocenters. The van der Waals surface area contributed by atoms with Gasteiger partial charge >= 0.3 is 5.69 Å². The minimum atomic E-state index is -0.610. The molecule has 0 radical (unpaired) electrons. The molecule has 0 spiro atoms. The van der Waals surface area contributed by atoms with Gasteiger partial charge in [-0.1, -0.05) is 66.2 Å². The van der Waals surface area contributed by atoms with Gasteiger partial charge in [0.1, 0.15) is 5.02 Å². The first kappa shape index (κ1) is 16.0. The number of benzene rings is 2. The molecule has 0 aliphatic rings. The van der Waals surface area contributed by atoms with Gasteiger partial charge in [-0.05, 0) is 5.56 Å². The topological polar surface area (TPSA) is 71.9 Å². The Hall–Kier alpha value is -2.92. The Morgan fingerprint density at radius 1 is 0.958 bits per heavy atom. The van der Waals surface area contributed by atoms with E-state index < -0.39 is 11.2 Å². The van der Waals surface area contributed by atoms with Gasteiger partial charge in [-0.25, -0.2) is 4.79 Å². The van der Waals surface area contributed by atoms with Crippen molar-refractivity contribution in [1.29, 1.82) is 0 Å². The van der Waals surface area contributed by atoms with Crippen molar-refractivity contribution in [2.24, 2.45) is 0 Å². The van der Waals surface area contributed by atoms with E-state index in [4.69, 9.17) is 11.6 Å². The molecular formula is C18H13ClN2O3. The second-order valence-electron chi connectivity index (χ2n) is 5.26.